The minimum absolute atomic E-state index is 0. The number of esters is 1. The lowest BCUT2D eigenvalue weighted by Crippen LogP contribution is -2.33. The highest BCUT2D eigenvalue weighted by Crippen LogP contribution is 2.16. The molecule has 1 heterocycles. The number of aromatic nitrogens is 1. The molecule has 0 radical (unpaired) electrons. The molecule has 2 aromatic rings. The first-order chi connectivity index (χ1) is 11.0. The molecule has 0 unspecified atom stereocenters. The Morgan fingerprint density at radius 1 is 1.29 bits per heavy atom. The van der Waals surface area contributed by atoms with Gasteiger partial charge in [-0.3, -0.25) is 9.59 Å². The molecule has 1 amide bonds. The summed E-state index contributed by atoms with van der Waals surface area (Å²) in [5.41, 5.74) is 7.47. The van der Waals surface area contributed by atoms with Crippen LogP contribution in [0, 0.1) is 0 Å². The van der Waals surface area contributed by atoms with Gasteiger partial charge in [-0.05, 0) is 36.2 Å². The van der Waals surface area contributed by atoms with E-state index in [1.807, 2.05) is 0 Å². The van der Waals surface area contributed by atoms with Gasteiger partial charge in [0.1, 0.15) is 11.2 Å². The maximum Gasteiger partial charge on any atom is 0.322 e. The Kier molecular flexibility index (Phi) is 7.64. The predicted molar refractivity (Wildman–Crippen MR) is 94.6 cm³/mol. The van der Waals surface area contributed by atoms with E-state index in [1.54, 1.807) is 36.4 Å². The molecule has 0 aliphatic carbocycles. The molecule has 3 N–H and O–H groups in total. The van der Waals surface area contributed by atoms with Gasteiger partial charge in [-0.2, -0.15) is 0 Å². The van der Waals surface area contributed by atoms with E-state index in [0.717, 1.165) is 5.56 Å². The van der Waals surface area contributed by atoms with Crippen molar-refractivity contribution in [2.45, 2.75) is 12.5 Å². The number of halogens is 2. The van der Waals surface area contributed by atoms with E-state index in [0.29, 0.717) is 17.7 Å². The zero-order valence-electron chi connectivity index (χ0n) is 12.9. The highest BCUT2D eigenvalue weighted by atomic mass is 35.5. The van der Waals surface area contributed by atoms with Crippen molar-refractivity contribution < 1.29 is 14.3 Å². The first kappa shape index (κ1) is 19.9. The van der Waals surface area contributed by atoms with E-state index < -0.39 is 12.0 Å². The molecule has 2 rings (SSSR count). The number of methoxy groups -OCH3 is 1. The molecule has 8 heteroatoms. The summed E-state index contributed by atoms with van der Waals surface area (Å²) in [6, 6.07) is 9.52. The van der Waals surface area contributed by atoms with Crippen molar-refractivity contribution in [1.82, 2.24) is 4.98 Å². The van der Waals surface area contributed by atoms with Crippen molar-refractivity contribution in [3.8, 4) is 0 Å². The SMILES string of the molecule is COC(=O)[C@@H](N)Cc1ccc(NC(=O)c2cccnc2Cl)cc1.Cl. The minimum atomic E-state index is -0.713. The summed E-state index contributed by atoms with van der Waals surface area (Å²) in [7, 11) is 1.30. The second-order valence-electron chi connectivity index (χ2n) is 4.83. The lowest BCUT2D eigenvalue weighted by atomic mass is 10.1. The number of nitrogens with zero attached hydrogens (tertiary/aromatic N) is 1. The van der Waals surface area contributed by atoms with Crippen LogP contribution < -0.4 is 11.1 Å². The number of nitrogens with one attached hydrogen (secondary N) is 1. The molecule has 24 heavy (non-hydrogen) atoms. The highest BCUT2D eigenvalue weighted by Gasteiger charge is 2.14. The minimum Gasteiger partial charge on any atom is -0.468 e. The second kappa shape index (κ2) is 9.22. The summed E-state index contributed by atoms with van der Waals surface area (Å²) in [6.07, 6.45) is 1.87. The summed E-state index contributed by atoms with van der Waals surface area (Å²) >= 11 is 5.88. The molecule has 0 aliphatic rings. The number of amides is 1. The van der Waals surface area contributed by atoms with Crippen molar-refractivity contribution >= 4 is 41.6 Å². The van der Waals surface area contributed by atoms with Gasteiger partial charge in [-0.25, -0.2) is 4.98 Å². The van der Waals surface area contributed by atoms with Crippen molar-refractivity contribution in [1.29, 1.82) is 0 Å². The molecule has 0 saturated heterocycles. The normalized spacial score (nSPS) is 11.1. The Bertz CT molecular complexity index is 708. The lowest BCUT2D eigenvalue weighted by molar-refractivity contribution is -0.142. The molecular formula is C16H17Cl2N3O3. The fourth-order valence-electron chi connectivity index (χ4n) is 1.97. The molecule has 1 aromatic heterocycles. The third-order valence-electron chi connectivity index (χ3n) is 3.18. The molecule has 0 fully saturated rings. The number of rotatable bonds is 5. The second-order valence-corrected chi connectivity index (χ2v) is 5.18. The van der Waals surface area contributed by atoms with E-state index in [2.05, 4.69) is 15.0 Å². The van der Waals surface area contributed by atoms with Gasteiger partial charge >= 0.3 is 5.97 Å². The first-order valence-corrected chi connectivity index (χ1v) is 7.23. The van der Waals surface area contributed by atoms with Crippen molar-refractivity contribution in [3.63, 3.8) is 0 Å². The van der Waals surface area contributed by atoms with Crippen molar-refractivity contribution in [3.05, 3.63) is 58.9 Å². The van der Waals surface area contributed by atoms with Gasteiger partial charge in [0.25, 0.3) is 5.91 Å². The summed E-state index contributed by atoms with van der Waals surface area (Å²) in [5.74, 6) is -0.810. The lowest BCUT2D eigenvalue weighted by Gasteiger charge is -2.10. The summed E-state index contributed by atoms with van der Waals surface area (Å²) in [5, 5.41) is 2.87. The zero-order chi connectivity index (χ0) is 16.8. The quantitative estimate of drug-likeness (QED) is 0.623. The fourth-order valence-corrected chi connectivity index (χ4v) is 2.17. The Morgan fingerprint density at radius 3 is 2.54 bits per heavy atom. The monoisotopic (exact) mass is 369 g/mol. The van der Waals surface area contributed by atoms with E-state index in [-0.39, 0.29) is 23.5 Å². The molecule has 128 valence electrons. The van der Waals surface area contributed by atoms with Crippen LogP contribution in [0.5, 0.6) is 0 Å². The summed E-state index contributed by atoms with van der Waals surface area (Å²) < 4.78 is 4.58. The van der Waals surface area contributed by atoms with Gasteiger partial charge in [0.2, 0.25) is 0 Å². The van der Waals surface area contributed by atoms with Crippen LogP contribution in [0.2, 0.25) is 5.15 Å². The number of hydrogen-bond acceptors (Lipinski definition) is 5. The average molecular weight is 370 g/mol. The number of ether oxygens (including phenoxy) is 1. The molecule has 0 spiro atoms. The standard InChI is InChI=1S/C16H16ClN3O3.ClH/c1-23-16(22)13(18)9-10-4-6-11(7-5-10)20-15(21)12-3-2-8-19-14(12)17;/h2-8,13H,9,18H2,1H3,(H,20,21);1H/t13-;/m0./s1. The molecular weight excluding hydrogens is 353 g/mol. The predicted octanol–water partition coefficient (Wildman–Crippen LogP) is 2.45. The van der Waals surface area contributed by atoms with Crippen LogP contribution in [0.25, 0.3) is 0 Å². The topological polar surface area (TPSA) is 94.3 Å². The number of pyridine rings is 1. The molecule has 6 nitrogen and oxygen atoms in total. The van der Waals surface area contributed by atoms with Gasteiger partial charge in [0.15, 0.2) is 0 Å². The van der Waals surface area contributed by atoms with Crippen LogP contribution in [0.3, 0.4) is 0 Å². The van der Waals surface area contributed by atoms with E-state index in [1.165, 1.54) is 13.3 Å². The first-order valence-electron chi connectivity index (χ1n) is 6.85. The van der Waals surface area contributed by atoms with Crippen LogP contribution in [-0.2, 0) is 16.0 Å². The smallest absolute Gasteiger partial charge is 0.322 e. The maximum absolute atomic E-state index is 12.1. The van der Waals surface area contributed by atoms with Crippen LogP contribution in [0.4, 0.5) is 5.69 Å². The van der Waals surface area contributed by atoms with Crippen LogP contribution >= 0.6 is 24.0 Å². The number of nitrogens with two attached hydrogens (primary N) is 1. The largest absolute Gasteiger partial charge is 0.468 e. The van der Waals surface area contributed by atoms with Crippen molar-refractivity contribution in [2.75, 3.05) is 12.4 Å². The van der Waals surface area contributed by atoms with Crippen LogP contribution in [-0.4, -0.2) is 30.0 Å². The third-order valence-corrected chi connectivity index (χ3v) is 3.48. The Balaban J connectivity index is 0.00000288. The molecule has 0 bridgehead atoms. The van der Waals surface area contributed by atoms with Gasteiger partial charge in [0, 0.05) is 11.9 Å². The molecule has 1 aromatic carbocycles. The van der Waals surface area contributed by atoms with Crippen LogP contribution in [0.1, 0.15) is 15.9 Å². The van der Waals surface area contributed by atoms with Crippen molar-refractivity contribution in [2.24, 2.45) is 5.73 Å². The number of carbonyl (C=O) groups is 2. The average Bonchev–Trinajstić information content (AvgIpc) is 2.56. The molecule has 0 saturated carbocycles. The van der Waals surface area contributed by atoms with Gasteiger partial charge < -0.3 is 15.8 Å². The third kappa shape index (κ3) is 5.19. The van der Waals surface area contributed by atoms with Gasteiger partial charge in [0.05, 0.1) is 12.7 Å². The van der Waals surface area contributed by atoms with Crippen LogP contribution in [0.15, 0.2) is 42.6 Å². The van der Waals surface area contributed by atoms with E-state index >= 15 is 0 Å². The number of anilines is 1. The highest BCUT2D eigenvalue weighted by molar-refractivity contribution is 6.33. The fraction of sp³-hybridized carbons (Fsp3) is 0.188. The van der Waals surface area contributed by atoms with E-state index in [4.69, 9.17) is 17.3 Å². The van der Waals surface area contributed by atoms with E-state index in [9.17, 15) is 9.59 Å². The number of hydrogen-bond donors (Lipinski definition) is 2. The summed E-state index contributed by atoms with van der Waals surface area (Å²) in [4.78, 5) is 27.3. The Morgan fingerprint density at radius 2 is 1.96 bits per heavy atom. The number of carbonyl (C=O) groups excluding carboxylic acids is 2. The maximum atomic E-state index is 12.1. The summed E-state index contributed by atoms with van der Waals surface area (Å²) in [6.45, 7) is 0. The van der Waals surface area contributed by atoms with Gasteiger partial charge in [-0.15, -0.1) is 12.4 Å². The Labute approximate surface area is 150 Å². The van der Waals surface area contributed by atoms with Gasteiger partial charge in [-0.1, -0.05) is 23.7 Å². The zero-order valence-corrected chi connectivity index (χ0v) is 14.4. The molecule has 0 aliphatic heterocycles. The molecule has 1 atom stereocenters. The number of benzene rings is 1. The Hall–Kier alpha value is -2.15.